The number of ether oxygens (including phenoxy) is 1. The standard InChI is InChI=1S/C22H36N2O2/c1-26-21-16-12-11-13-19(21)17-18-23-22(25)24-20-14-9-7-5-3-2-4-6-8-10-15-20/h11-13,16,20H,2-10,14-15,17-18H2,1H3,(H2,23,24,25). The largest absolute Gasteiger partial charge is 0.496 e. The summed E-state index contributed by atoms with van der Waals surface area (Å²) < 4.78 is 5.36. The Labute approximate surface area is 159 Å². The molecular formula is C22H36N2O2. The van der Waals surface area contributed by atoms with Crippen molar-refractivity contribution < 1.29 is 9.53 Å². The quantitative estimate of drug-likeness (QED) is 0.757. The third-order valence-corrected chi connectivity index (χ3v) is 5.31. The molecule has 1 saturated carbocycles. The fraction of sp³-hybridized carbons (Fsp3) is 0.682. The fourth-order valence-corrected chi connectivity index (χ4v) is 3.76. The van der Waals surface area contributed by atoms with Crippen LogP contribution in [0.4, 0.5) is 4.79 Å². The lowest BCUT2D eigenvalue weighted by Crippen LogP contribution is -2.42. The summed E-state index contributed by atoms with van der Waals surface area (Å²) in [5.41, 5.74) is 1.13. The maximum Gasteiger partial charge on any atom is 0.315 e. The van der Waals surface area contributed by atoms with Crippen LogP contribution >= 0.6 is 0 Å². The Morgan fingerprint density at radius 2 is 1.54 bits per heavy atom. The number of hydrogen-bond acceptors (Lipinski definition) is 2. The molecule has 0 bridgehead atoms. The zero-order valence-corrected chi connectivity index (χ0v) is 16.4. The Hall–Kier alpha value is -1.71. The molecule has 0 unspecified atom stereocenters. The maximum atomic E-state index is 12.3. The molecule has 1 aliphatic carbocycles. The normalized spacial score (nSPS) is 17.6. The minimum absolute atomic E-state index is 0.0306. The van der Waals surface area contributed by atoms with E-state index in [0.29, 0.717) is 12.6 Å². The summed E-state index contributed by atoms with van der Waals surface area (Å²) in [6, 6.07) is 8.26. The van der Waals surface area contributed by atoms with Crippen LogP contribution in [-0.2, 0) is 6.42 Å². The van der Waals surface area contributed by atoms with Gasteiger partial charge in [-0.15, -0.1) is 0 Å². The third-order valence-electron chi connectivity index (χ3n) is 5.31. The molecular weight excluding hydrogens is 324 g/mol. The van der Waals surface area contributed by atoms with Crippen LogP contribution in [0.3, 0.4) is 0 Å². The number of urea groups is 1. The van der Waals surface area contributed by atoms with Gasteiger partial charge in [0.2, 0.25) is 0 Å². The number of benzene rings is 1. The number of para-hydroxylation sites is 1. The Bertz CT molecular complexity index is 507. The van der Waals surface area contributed by atoms with Gasteiger partial charge in [0.1, 0.15) is 5.75 Å². The minimum Gasteiger partial charge on any atom is -0.496 e. The zero-order chi connectivity index (χ0) is 18.5. The number of nitrogens with one attached hydrogen (secondary N) is 2. The van der Waals surface area contributed by atoms with E-state index in [1.807, 2.05) is 24.3 Å². The van der Waals surface area contributed by atoms with E-state index in [0.717, 1.165) is 30.6 Å². The molecule has 26 heavy (non-hydrogen) atoms. The molecule has 2 rings (SSSR count). The zero-order valence-electron chi connectivity index (χ0n) is 16.4. The molecule has 1 aliphatic rings. The molecule has 0 radical (unpaired) electrons. The summed E-state index contributed by atoms with van der Waals surface area (Å²) in [7, 11) is 1.68. The van der Waals surface area contributed by atoms with E-state index in [9.17, 15) is 4.79 Å². The van der Waals surface area contributed by atoms with Crippen molar-refractivity contribution in [3.05, 3.63) is 29.8 Å². The van der Waals surface area contributed by atoms with E-state index in [1.165, 1.54) is 57.8 Å². The predicted molar refractivity (Wildman–Crippen MR) is 108 cm³/mol. The Morgan fingerprint density at radius 1 is 0.962 bits per heavy atom. The van der Waals surface area contributed by atoms with Crippen molar-refractivity contribution >= 4 is 6.03 Å². The smallest absolute Gasteiger partial charge is 0.315 e. The number of amides is 2. The van der Waals surface area contributed by atoms with Crippen molar-refractivity contribution in [3.8, 4) is 5.75 Å². The molecule has 0 saturated heterocycles. The molecule has 0 atom stereocenters. The summed E-state index contributed by atoms with van der Waals surface area (Å²) in [6.07, 6.45) is 14.9. The van der Waals surface area contributed by atoms with Gasteiger partial charge in [0.05, 0.1) is 7.11 Å². The second-order valence-electron chi connectivity index (χ2n) is 7.42. The van der Waals surface area contributed by atoms with Crippen LogP contribution in [0.5, 0.6) is 5.75 Å². The first kappa shape index (κ1) is 20.6. The van der Waals surface area contributed by atoms with Gasteiger partial charge in [0.25, 0.3) is 0 Å². The summed E-state index contributed by atoms with van der Waals surface area (Å²) in [5.74, 6) is 0.883. The van der Waals surface area contributed by atoms with Crippen molar-refractivity contribution in [3.63, 3.8) is 0 Å². The molecule has 1 aromatic carbocycles. The second-order valence-corrected chi connectivity index (χ2v) is 7.42. The lowest BCUT2D eigenvalue weighted by molar-refractivity contribution is 0.234. The summed E-state index contributed by atoms with van der Waals surface area (Å²) >= 11 is 0. The van der Waals surface area contributed by atoms with Gasteiger partial charge in [-0.1, -0.05) is 76.0 Å². The van der Waals surface area contributed by atoms with Crippen molar-refractivity contribution in [2.45, 2.75) is 83.1 Å². The first-order valence-corrected chi connectivity index (χ1v) is 10.5. The van der Waals surface area contributed by atoms with Gasteiger partial charge in [-0.25, -0.2) is 4.79 Å². The van der Waals surface area contributed by atoms with E-state index >= 15 is 0 Å². The number of carbonyl (C=O) groups excluding carboxylic acids is 1. The number of hydrogen-bond donors (Lipinski definition) is 2. The second kappa shape index (κ2) is 12.6. The van der Waals surface area contributed by atoms with Crippen molar-refractivity contribution in [1.82, 2.24) is 10.6 Å². The SMILES string of the molecule is COc1ccccc1CCNC(=O)NC1CCCCCCCCCCC1. The van der Waals surface area contributed by atoms with Gasteiger partial charge >= 0.3 is 6.03 Å². The van der Waals surface area contributed by atoms with Crippen LogP contribution in [-0.4, -0.2) is 25.7 Å². The monoisotopic (exact) mass is 360 g/mol. The van der Waals surface area contributed by atoms with Gasteiger partial charge in [-0.3, -0.25) is 0 Å². The molecule has 4 heteroatoms. The van der Waals surface area contributed by atoms with Gasteiger partial charge < -0.3 is 15.4 Å². The molecule has 0 aromatic heterocycles. The highest BCUT2D eigenvalue weighted by atomic mass is 16.5. The van der Waals surface area contributed by atoms with Crippen molar-refractivity contribution in [2.75, 3.05) is 13.7 Å². The lowest BCUT2D eigenvalue weighted by Gasteiger charge is -2.20. The molecule has 0 heterocycles. The highest BCUT2D eigenvalue weighted by Crippen LogP contribution is 2.18. The minimum atomic E-state index is -0.0306. The molecule has 4 nitrogen and oxygen atoms in total. The topological polar surface area (TPSA) is 50.4 Å². The van der Waals surface area contributed by atoms with E-state index in [2.05, 4.69) is 10.6 Å². The molecule has 2 amide bonds. The summed E-state index contributed by atoms with van der Waals surface area (Å²) in [4.78, 5) is 12.3. The lowest BCUT2D eigenvalue weighted by atomic mass is 9.98. The summed E-state index contributed by atoms with van der Waals surface area (Å²) in [5, 5.41) is 6.21. The van der Waals surface area contributed by atoms with Crippen molar-refractivity contribution in [2.24, 2.45) is 0 Å². The molecule has 2 N–H and O–H groups in total. The molecule has 0 aliphatic heterocycles. The van der Waals surface area contributed by atoms with Gasteiger partial charge in [-0.05, 0) is 30.9 Å². The number of rotatable bonds is 5. The van der Waals surface area contributed by atoms with Gasteiger partial charge in [0, 0.05) is 12.6 Å². The summed E-state index contributed by atoms with van der Waals surface area (Å²) in [6.45, 7) is 0.624. The van der Waals surface area contributed by atoms with Crippen LogP contribution in [0, 0.1) is 0 Å². The van der Waals surface area contributed by atoms with Crippen LogP contribution < -0.4 is 15.4 Å². The molecule has 1 fully saturated rings. The van der Waals surface area contributed by atoms with Crippen LogP contribution in [0.15, 0.2) is 24.3 Å². The predicted octanol–water partition coefficient (Wildman–Crippen LogP) is 5.21. The van der Waals surface area contributed by atoms with Crippen molar-refractivity contribution in [1.29, 1.82) is 0 Å². The third kappa shape index (κ3) is 8.11. The van der Waals surface area contributed by atoms with Crippen LogP contribution in [0.2, 0.25) is 0 Å². The van der Waals surface area contributed by atoms with E-state index in [-0.39, 0.29) is 6.03 Å². The fourth-order valence-electron chi connectivity index (χ4n) is 3.76. The molecule has 0 spiro atoms. The van der Waals surface area contributed by atoms with E-state index < -0.39 is 0 Å². The van der Waals surface area contributed by atoms with Crippen LogP contribution in [0.1, 0.15) is 76.2 Å². The first-order chi connectivity index (χ1) is 12.8. The number of methoxy groups -OCH3 is 1. The number of carbonyl (C=O) groups is 1. The van der Waals surface area contributed by atoms with Gasteiger partial charge in [0.15, 0.2) is 0 Å². The highest BCUT2D eigenvalue weighted by Gasteiger charge is 2.12. The molecule has 1 aromatic rings. The average molecular weight is 361 g/mol. The van der Waals surface area contributed by atoms with Crippen LogP contribution in [0.25, 0.3) is 0 Å². The maximum absolute atomic E-state index is 12.3. The van der Waals surface area contributed by atoms with E-state index in [4.69, 9.17) is 4.74 Å². The Morgan fingerprint density at radius 3 is 2.15 bits per heavy atom. The Kier molecular flexibility index (Phi) is 9.99. The van der Waals surface area contributed by atoms with Gasteiger partial charge in [-0.2, -0.15) is 0 Å². The molecule has 146 valence electrons. The van der Waals surface area contributed by atoms with E-state index in [1.54, 1.807) is 7.11 Å². The highest BCUT2D eigenvalue weighted by molar-refractivity contribution is 5.74. The average Bonchev–Trinajstić information content (AvgIpc) is 2.64. The Balaban J connectivity index is 1.71. The first-order valence-electron chi connectivity index (χ1n) is 10.5.